The Morgan fingerprint density at radius 3 is 2.50 bits per heavy atom. The molecule has 0 saturated heterocycles. The summed E-state index contributed by atoms with van der Waals surface area (Å²) in [4.78, 5) is 10.8. The average molecular weight is 221 g/mol. The van der Waals surface area contributed by atoms with E-state index < -0.39 is 5.97 Å². The SMILES string of the molecule is CCC(CNC(C)c1ccccc1)C(=O)O. The molecule has 0 aliphatic rings. The Bertz CT molecular complexity index is 324. The number of hydrogen-bond donors (Lipinski definition) is 2. The van der Waals surface area contributed by atoms with E-state index in [9.17, 15) is 4.79 Å². The van der Waals surface area contributed by atoms with Crippen molar-refractivity contribution in [2.45, 2.75) is 26.3 Å². The van der Waals surface area contributed by atoms with Gasteiger partial charge in [-0.3, -0.25) is 4.79 Å². The van der Waals surface area contributed by atoms with E-state index in [-0.39, 0.29) is 12.0 Å². The van der Waals surface area contributed by atoms with Crippen LogP contribution in [-0.2, 0) is 4.79 Å². The lowest BCUT2D eigenvalue weighted by molar-refractivity contribution is -0.141. The molecule has 2 unspecified atom stereocenters. The van der Waals surface area contributed by atoms with Gasteiger partial charge in [0.1, 0.15) is 0 Å². The van der Waals surface area contributed by atoms with Crippen LogP contribution in [0.5, 0.6) is 0 Å². The summed E-state index contributed by atoms with van der Waals surface area (Å²) in [5.74, 6) is -1.03. The highest BCUT2D eigenvalue weighted by Gasteiger charge is 2.15. The Morgan fingerprint density at radius 1 is 1.38 bits per heavy atom. The summed E-state index contributed by atoms with van der Waals surface area (Å²) in [5.41, 5.74) is 1.18. The first-order valence-corrected chi connectivity index (χ1v) is 5.66. The fraction of sp³-hybridized carbons (Fsp3) is 0.462. The van der Waals surface area contributed by atoms with Gasteiger partial charge in [0.25, 0.3) is 0 Å². The quantitative estimate of drug-likeness (QED) is 0.775. The second-order valence-corrected chi connectivity index (χ2v) is 3.98. The molecule has 1 aromatic rings. The van der Waals surface area contributed by atoms with Gasteiger partial charge in [-0.25, -0.2) is 0 Å². The van der Waals surface area contributed by atoms with Crippen molar-refractivity contribution in [2.75, 3.05) is 6.54 Å². The standard InChI is InChI=1S/C13H19NO2/c1-3-11(13(15)16)9-14-10(2)12-7-5-4-6-8-12/h4-8,10-11,14H,3,9H2,1-2H3,(H,15,16). The normalized spacial score (nSPS) is 14.4. The van der Waals surface area contributed by atoms with Crippen molar-refractivity contribution in [3.8, 4) is 0 Å². The minimum Gasteiger partial charge on any atom is -0.481 e. The van der Waals surface area contributed by atoms with Crippen molar-refractivity contribution in [2.24, 2.45) is 5.92 Å². The van der Waals surface area contributed by atoms with Crippen molar-refractivity contribution in [3.05, 3.63) is 35.9 Å². The Kier molecular flexibility index (Phi) is 4.99. The van der Waals surface area contributed by atoms with Gasteiger partial charge in [0.15, 0.2) is 0 Å². The van der Waals surface area contributed by atoms with Crippen LogP contribution in [0.3, 0.4) is 0 Å². The molecule has 16 heavy (non-hydrogen) atoms. The third-order valence-corrected chi connectivity index (χ3v) is 2.81. The summed E-state index contributed by atoms with van der Waals surface area (Å²) in [6.07, 6.45) is 0.657. The predicted octanol–water partition coefficient (Wildman–Crippen LogP) is 2.45. The molecule has 3 nitrogen and oxygen atoms in total. The maximum Gasteiger partial charge on any atom is 0.307 e. The third kappa shape index (κ3) is 3.66. The zero-order valence-corrected chi connectivity index (χ0v) is 9.81. The minimum atomic E-state index is -0.727. The molecule has 0 fully saturated rings. The van der Waals surface area contributed by atoms with Gasteiger partial charge in [0.2, 0.25) is 0 Å². The molecule has 0 heterocycles. The van der Waals surface area contributed by atoms with E-state index in [1.807, 2.05) is 44.2 Å². The van der Waals surface area contributed by atoms with Crippen LogP contribution in [0.25, 0.3) is 0 Å². The van der Waals surface area contributed by atoms with Gasteiger partial charge in [-0.15, -0.1) is 0 Å². The molecular formula is C13H19NO2. The van der Waals surface area contributed by atoms with Crippen LogP contribution in [0.1, 0.15) is 31.9 Å². The highest BCUT2D eigenvalue weighted by Crippen LogP contribution is 2.12. The van der Waals surface area contributed by atoms with E-state index >= 15 is 0 Å². The van der Waals surface area contributed by atoms with Crippen molar-refractivity contribution in [3.63, 3.8) is 0 Å². The summed E-state index contributed by atoms with van der Waals surface area (Å²) in [5, 5.41) is 12.2. The van der Waals surface area contributed by atoms with E-state index in [0.29, 0.717) is 13.0 Å². The van der Waals surface area contributed by atoms with Gasteiger partial charge < -0.3 is 10.4 Å². The first-order chi connectivity index (χ1) is 7.65. The molecule has 1 aromatic carbocycles. The summed E-state index contributed by atoms with van der Waals surface area (Å²) >= 11 is 0. The van der Waals surface area contributed by atoms with E-state index in [0.717, 1.165) is 0 Å². The first kappa shape index (κ1) is 12.7. The molecular weight excluding hydrogens is 202 g/mol. The minimum absolute atomic E-state index is 0.189. The molecule has 3 heteroatoms. The van der Waals surface area contributed by atoms with Crippen molar-refractivity contribution in [1.82, 2.24) is 5.32 Å². The van der Waals surface area contributed by atoms with E-state index in [2.05, 4.69) is 5.32 Å². The molecule has 0 aliphatic heterocycles. The molecule has 0 aliphatic carbocycles. The van der Waals surface area contributed by atoms with Gasteiger partial charge in [-0.2, -0.15) is 0 Å². The molecule has 88 valence electrons. The monoisotopic (exact) mass is 221 g/mol. The largest absolute Gasteiger partial charge is 0.481 e. The van der Waals surface area contributed by atoms with Crippen molar-refractivity contribution < 1.29 is 9.90 Å². The zero-order chi connectivity index (χ0) is 12.0. The smallest absolute Gasteiger partial charge is 0.307 e. The molecule has 0 bridgehead atoms. The van der Waals surface area contributed by atoms with Gasteiger partial charge >= 0.3 is 5.97 Å². The maximum absolute atomic E-state index is 10.8. The average Bonchev–Trinajstić information content (AvgIpc) is 2.30. The van der Waals surface area contributed by atoms with Crippen LogP contribution < -0.4 is 5.32 Å². The lowest BCUT2D eigenvalue weighted by atomic mass is 10.0. The van der Waals surface area contributed by atoms with Gasteiger partial charge in [0, 0.05) is 12.6 Å². The van der Waals surface area contributed by atoms with Crippen molar-refractivity contribution >= 4 is 5.97 Å². The Balaban J connectivity index is 2.46. The second kappa shape index (κ2) is 6.28. The van der Waals surface area contributed by atoms with Gasteiger partial charge in [0.05, 0.1) is 5.92 Å². The van der Waals surface area contributed by atoms with Crippen LogP contribution in [0, 0.1) is 5.92 Å². The summed E-state index contributed by atoms with van der Waals surface area (Å²) < 4.78 is 0. The molecule has 2 atom stereocenters. The number of carbonyl (C=O) groups is 1. The Hall–Kier alpha value is -1.35. The van der Waals surface area contributed by atoms with Crippen LogP contribution in [0.2, 0.25) is 0 Å². The van der Waals surface area contributed by atoms with Crippen molar-refractivity contribution in [1.29, 1.82) is 0 Å². The van der Waals surface area contributed by atoms with Crippen LogP contribution in [-0.4, -0.2) is 17.6 Å². The number of nitrogens with one attached hydrogen (secondary N) is 1. The van der Waals surface area contributed by atoms with Gasteiger partial charge in [-0.05, 0) is 18.9 Å². The Labute approximate surface area is 96.5 Å². The summed E-state index contributed by atoms with van der Waals surface area (Å²) in [7, 11) is 0. The summed E-state index contributed by atoms with van der Waals surface area (Å²) in [6, 6.07) is 10.2. The van der Waals surface area contributed by atoms with E-state index in [4.69, 9.17) is 5.11 Å². The molecule has 0 aromatic heterocycles. The molecule has 1 rings (SSSR count). The topological polar surface area (TPSA) is 49.3 Å². The lowest BCUT2D eigenvalue weighted by Gasteiger charge is -2.17. The molecule has 2 N–H and O–H groups in total. The van der Waals surface area contributed by atoms with Crippen LogP contribution in [0.15, 0.2) is 30.3 Å². The third-order valence-electron chi connectivity index (χ3n) is 2.81. The fourth-order valence-electron chi connectivity index (χ4n) is 1.58. The Morgan fingerprint density at radius 2 is 2.00 bits per heavy atom. The zero-order valence-electron chi connectivity index (χ0n) is 9.81. The number of aliphatic carboxylic acids is 1. The lowest BCUT2D eigenvalue weighted by Crippen LogP contribution is -2.29. The van der Waals surface area contributed by atoms with Gasteiger partial charge in [-0.1, -0.05) is 37.3 Å². The number of hydrogen-bond acceptors (Lipinski definition) is 2. The number of carboxylic acids is 1. The van der Waals surface area contributed by atoms with Crippen LogP contribution in [0.4, 0.5) is 0 Å². The second-order valence-electron chi connectivity index (χ2n) is 3.98. The molecule has 0 spiro atoms. The fourth-order valence-corrected chi connectivity index (χ4v) is 1.58. The molecule has 0 saturated carbocycles. The predicted molar refractivity (Wildman–Crippen MR) is 64.3 cm³/mol. The summed E-state index contributed by atoms with van der Waals surface area (Å²) in [6.45, 7) is 4.46. The highest BCUT2D eigenvalue weighted by molar-refractivity contribution is 5.70. The highest BCUT2D eigenvalue weighted by atomic mass is 16.4. The molecule has 0 radical (unpaired) electrons. The van der Waals surface area contributed by atoms with E-state index in [1.54, 1.807) is 0 Å². The number of rotatable bonds is 6. The van der Waals surface area contributed by atoms with E-state index in [1.165, 1.54) is 5.56 Å². The number of benzene rings is 1. The first-order valence-electron chi connectivity index (χ1n) is 5.66. The van der Waals surface area contributed by atoms with Crippen LogP contribution >= 0.6 is 0 Å². The maximum atomic E-state index is 10.8. The molecule has 0 amide bonds. The number of carboxylic acid groups (broad SMARTS) is 1.